The van der Waals surface area contributed by atoms with Crippen molar-refractivity contribution in [1.29, 1.82) is 0 Å². The van der Waals surface area contributed by atoms with E-state index in [2.05, 4.69) is 36.4 Å². The van der Waals surface area contributed by atoms with Crippen molar-refractivity contribution < 1.29 is 9.47 Å². The second kappa shape index (κ2) is 12.4. The molecule has 1 rings (SSSR count). The maximum atomic E-state index is 5.66. The lowest BCUT2D eigenvalue weighted by Gasteiger charge is -2.30. The van der Waals surface area contributed by atoms with Gasteiger partial charge in [0.2, 0.25) is 0 Å². The van der Waals surface area contributed by atoms with Crippen molar-refractivity contribution in [3.63, 3.8) is 0 Å². The first-order chi connectivity index (χ1) is 11.0. The zero-order chi connectivity index (χ0) is 17.1. The summed E-state index contributed by atoms with van der Waals surface area (Å²) >= 11 is 0. The molecule has 1 unspecified atom stereocenters. The summed E-state index contributed by atoms with van der Waals surface area (Å²) in [4.78, 5) is 4.23. The summed E-state index contributed by atoms with van der Waals surface area (Å²) in [5.41, 5.74) is 0.0874. The summed E-state index contributed by atoms with van der Waals surface area (Å²) < 4.78 is 11.2. The fraction of sp³-hybridized carbons (Fsp3) is 0.611. The van der Waals surface area contributed by atoms with Gasteiger partial charge in [-0.1, -0.05) is 39.0 Å². The second-order valence-corrected chi connectivity index (χ2v) is 6.49. The van der Waals surface area contributed by atoms with Crippen LogP contribution in [-0.4, -0.2) is 45.9 Å². The van der Waals surface area contributed by atoms with E-state index in [1.54, 1.807) is 14.2 Å². The quantitative estimate of drug-likeness (QED) is 0.277. The van der Waals surface area contributed by atoms with E-state index in [-0.39, 0.29) is 35.5 Å². The first kappa shape index (κ1) is 23.0. The zero-order valence-corrected chi connectivity index (χ0v) is 17.8. The number of hydrogen-bond donors (Lipinski definition) is 2. The van der Waals surface area contributed by atoms with Gasteiger partial charge in [0.05, 0.1) is 12.7 Å². The van der Waals surface area contributed by atoms with Crippen LogP contribution < -0.4 is 15.4 Å². The monoisotopic (exact) mass is 449 g/mol. The van der Waals surface area contributed by atoms with Gasteiger partial charge in [-0.05, 0) is 24.0 Å². The number of rotatable bonds is 8. The molecule has 5 nitrogen and oxygen atoms in total. The van der Waals surface area contributed by atoms with E-state index in [0.717, 1.165) is 31.2 Å². The van der Waals surface area contributed by atoms with Gasteiger partial charge in [-0.25, -0.2) is 0 Å². The molecule has 0 aliphatic heterocycles. The Hall–Kier alpha value is -1.02. The van der Waals surface area contributed by atoms with E-state index in [9.17, 15) is 0 Å². The minimum atomic E-state index is 0. The van der Waals surface area contributed by atoms with Gasteiger partial charge in [0.1, 0.15) is 5.75 Å². The van der Waals surface area contributed by atoms with Crippen LogP contribution in [0.1, 0.15) is 27.2 Å². The van der Waals surface area contributed by atoms with Crippen molar-refractivity contribution in [1.82, 2.24) is 10.6 Å². The third-order valence-electron chi connectivity index (χ3n) is 3.55. The maximum absolute atomic E-state index is 5.66. The normalized spacial score (nSPS) is 13.0. The molecule has 24 heavy (non-hydrogen) atoms. The van der Waals surface area contributed by atoms with E-state index in [4.69, 9.17) is 9.47 Å². The van der Waals surface area contributed by atoms with Gasteiger partial charge in [-0.3, -0.25) is 4.99 Å². The number of methoxy groups -OCH3 is 1. The molecular weight excluding hydrogens is 417 g/mol. The van der Waals surface area contributed by atoms with Gasteiger partial charge in [0.15, 0.2) is 5.96 Å². The Labute approximate surface area is 163 Å². The molecule has 0 spiro atoms. The summed E-state index contributed by atoms with van der Waals surface area (Å²) in [6.07, 6.45) is 1.03. The minimum Gasteiger partial charge on any atom is -0.494 e. The van der Waals surface area contributed by atoms with Crippen molar-refractivity contribution in [3.05, 3.63) is 30.3 Å². The minimum absolute atomic E-state index is 0. The highest BCUT2D eigenvalue weighted by Gasteiger charge is 2.24. The van der Waals surface area contributed by atoms with Crippen molar-refractivity contribution in [3.8, 4) is 5.75 Å². The smallest absolute Gasteiger partial charge is 0.191 e. The van der Waals surface area contributed by atoms with Crippen LogP contribution in [-0.2, 0) is 4.74 Å². The van der Waals surface area contributed by atoms with Gasteiger partial charge < -0.3 is 20.1 Å². The average Bonchev–Trinajstić information content (AvgIpc) is 2.53. The Kier molecular flexibility index (Phi) is 11.8. The number of nitrogens with one attached hydrogen (secondary N) is 2. The number of aliphatic imine (C=N–C) groups is 1. The molecule has 0 fully saturated rings. The lowest BCUT2D eigenvalue weighted by atomic mass is 9.89. The van der Waals surface area contributed by atoms with Crippen molar-refractivity contribution in [2.24, 2.45) is 10.4 Å². The third-order valence-corrected chi connectivity index (χ3v) is 3.55. The van der Waals surface area contributed by atoms with E-state index >= 15 is 0 Å². The molecule has 1 aromatic rings. The molecule has 138 valence electrons. The number of nitrogens with zero attached hydrogens (tertiary/aromatic N) is 1. The van der Waals surface area contributed by atoms with Crippen molar-refractivity contribution in [2.75, 3.05) is 33.9 Å². The summed E-state index contributed by atoms with van der Waals surface area (Å²) in [6, 6.07) is 9.85. The largest absolute Gasteiger partial charge is 0.494 e. The number of hydrogen-bond acceptors (Lipinski definition) is 3. The van der Waals surface area contributed by atoms with Gasteiger partial charge in [0, 0.05) is 27.2 Å². The molecule has 0 aliphatic carbocycles. The fourth-order valence-electron chi connectivity index (χ4n) is 2.14. The van der Waals surface area contributed by atoms with Crippen LogP contribution in [0.4, 0.5) is 0 Å². The Balaban J connectivity index is 0.00000529. The van der Waals surface area contributed by atoms with Crippen LogP contribution in [0.3, 0.4) is 0 Å². The highest BCUT2D eigenvalue weighted by molar-refractivity contribution is 14.0. The molecule has 1 atom stereocenters. The summed E-state index contributed by atoms with van der Waals surface area (Å²) in [5, 5.41) is 6.60. The predicted molar refractivity (Wildman–Crippen MR) is 112 cm³/mol. The Morgan fingerprint density at radius 1 is 1.17 bits per heavy atom. The van der Waals surface area contributed by atoms with Crippen LogP contribution in [0.2, 0.25) is 0 Å². The number of benzene rings is 1. The molecule has 0 aliphatic rings. The number of para-hydroxylation sites is 1. The number of ether oxygens (including phenoxy) is 2. The highest BCUT2D eigenvalue weighted by Crippen LogP contribution is 2.20. The molecule has 0 heterocycles. The fourth-order valence-corrected chi connectivity index (χ4v) is 2.14. The molecule has 0 bridgehead atoms. The lowest BCUT2D eigenvalue weighted by molar-refractivity contribution is 0.0205. The predicted octanol–water partition coefficient (Wildman–Crippen LogP) is 3.30. The van der Waals surface area contributed by atoms with Crippen LogP contribution in [0, 0.1) is 5.41 Å². The molecule has 6 heteroatoms. The number of halogens is 1. The maximum Gasteiger partial charge on any atom is 0.191 e. The van der Waals surface area contributed by atoms with Crippen LogP contribution >= 0.6 is 24.0 Å². The molecular formula is C18H32IN3O2. The van der Waals surface area contributed by atoms with Crippen LogP contribution in [0.5, 0.6) is 5.75 Å². The summed E-state index contributed by atoms with van der Waals surface area (Å²) in [5.74, 6) is 1.69. The van der Waals surface area contributed by atoms with E-state index in [1.807, 2.05) is 30.3 Å². The first-order valence-corrected chi connectivity index (χ1v) is 8.12. The van der Waals surface area contributed by atoms with Crippen molar-refractivity contribution in [2.45, 2.75) is 33.3 Å². The molecule has 1 aromatic carbocycles. The lowest BCUT2D eigenvalue weighted by Crippen LogP contribution is -2.45. The van der Waals surface area contributed by atoms with Gasteiger partial charge in [-0.15, -0.1) is 24.0 Å². The van der Waals surface area contributed by atoms with Gasteiger partial charge >= 0.3 is 0 Å². The first-order valence-electron chi connectivity index (χ1n) is 8.12. The Bertz CT molecular complexity index is 461. The van der Waals surface area contributed by atoms with Crippen LogP contribution in [0.25, 0.3) is 0 Å². The zero-order valence-electron chi connectivity index (χ0n) is 15.5. The number of guanidine groups is 1. The molecule has 0 radical (unpaired) electrons. The van der Waals surface area contributed by atoms with E-state index < -0.39 is 0 Å². The second-order valence-electron chi connectivity index (χ2n) is 6.49. The highest BCUT2D eigenvalue weighted by atomic mass is 127. The van der Waals surface area contributed by atoms with E-state index in [0.29, 0.717) is 6.61 Å². The standard InChI is InChI=1S/C18H31N3O2.HI/c1-18(2,3)16(22-5)14-21-17(19-4)20-12-9-13-23-15-10-7-6-8-11-15;/h6-8,10-11,16H,9,12-14H2,1-5H3,(H2,19,20,21);1H. The van der Waals surface area contributed by atoms with E-state index in [1.165, 1.54) is 0 Å². The Morgan fingerprint density at radius 2 is 1.83 bits per heavy atom. The van der Waals surface area contributed by atoms with Gasteiger partial charge in [0.25, 0.3) is 0 Å². The topological polar surface area (TPSA) is 54.9 Å². The summed E-state index contributed by atoms with van der Waals surface area (Å²) in [7, 11) is 3.52. The molecule has 2 N–H and O–H groups in total. The van der Waals surface area contributed by atoms with Crippen molar-refractivity contribution >= 4 is 29.9 Å². The molecule has 0 saturated carbocycles. The molecule has 0 saturated heterocycles. The summed E-state index contributed by atoms with van der Waals surface area (Å²) in [6.45, 7) is 8.70. The Morgan fingerprint density at radius 3 is 2.38 bits per heavy atom. The SMILES string of the molecule is CN=C(NCCCOc1ccccc1)NCC(OC)C(C)(C)C.I. The average molecular weight is 449 g/mol. The molecule has 0 amide bonds. The molecule has 0 aromatic heterocycles. The van der Waals surface area contributed by atoms with Crippen LogP contribution in [0.15, 0.2) is 35.3 Å². The van der Waals surface area contributed by atoms with Gasteiger partial charge in [-0.2, -0.15) is 0 Å². The third kappa shape index (κ3) is 9.32.